The number of benzene rings is 1. The Morgan fingerprint density at radius 1 is 1.29 bits per heavy atom. The fourth-order valence-corrected chi connectivity index (χ4v) is 2.93. The number of hydrogen-bond acceptors (Lipinski definition) is 4. The molecule has 0 heterocycles. The molecule has 1 amide bonds. The molecule has 0 bridgehead atoms. The van der Waals surface area contributed by atoms with E-state index in [0.29, 0.717) is 17.2 Å². The van der Waals surface area contributed by atoms with Gasteiger partial charge in [-0.2, -0.15) is 0 Å². The molecule has 1 saturated carbocycles. The van der Waals surface area contributed by atoms with Gasteiger partial charge in [0.05, 0.1) is 20.1 Å². The van der Waals surface area contributed by atoms with Crippen LogP contribution in [0.1, 0.15) is 32.6 Å². The van der Waals surface area contributed by atoms with E-state index in [9.17, 15) is 4.79 Å². The van der Waals surface area contributed by atoms with Gasteiger partial charge in [0.15, 0.2) is 11.5 Å². The molecular weight excluding hydrogens is 268 g/mol. The summed E-state index contributed by atoms with van der Waals surface area (Å²) in [4.78, 5) is 12.5. The number of carbonyl (C=O) groups is 1. The van der Waals surface area contributed by atoms with Crippen molar-refractivity contribution in [2.75, 3.05) is 19.5 Å². The van der Waals surface area contributed by atoms with Crippen LogP contribution in [0.5, 0.6) is 11.5 Å². The van der Waals surface area contributed by atoms with Gasteiger partial charge in [-0.3, -0.25) is 4.79 Å². The zero-order valence-electron chi connectivity index (χ0n) is 12.9. The third-order valence-electron chi connectivity index (χ3n) is 4.22. The van der Waals surface area contributed by atoms with E-state index in [-0.39, 0.29) is 11.8 Å². The van der Waals surface area contributed by atoms with Crippen LogP contribution in [0.25, 0.3) is 0 Å². The standard InChI is InChI=1S/C16H24N2O3/c1-16(17)9-5-4-6-12(16)15(19)18-11-7-8-13(20-2)14(10-11)21-3/h7-8,10,12H,4-6,9,17H2,1-3H3,(H,18,19). The minimum absolute atomic E-state index is 0.0214. The van der Waals surface area contributed by atoms with Crippen molar-refractivity contribution < 1.29 is 14.3 Å². The molecule has 1 fully saturated rings. The fraction of sp³-hybridized carbons (Fsp3) is 0.562. The number of rotatable bonds is 4. The van der Waals surface area contributed by atoms with E-state index < -0.39 is 5.54 Å². The Morgan fingerprint density at radius 2 is 2.00 bits per heavy atom. The highest BCUT2D eigenvalue weighted by Gasteiger charge is 2.37. The summed E-state index contributed by atoms with van der Waals surface area (Å²) in [5.41, 5.74) is 6.53. The molecule has 116 valence electrons. The highest BCUT2D eigenvalue weighted by molar-refractivity contribution is 5.93. The summed E-state index contributed by atoms with van der Waals surface area (Å²) in [7, 11) is 3.15. The zero-order valence-corrected chi connectivity index (χ0v) is 12.9. The SMILES string of the molecule is COc1ccc(NC(=O)C2CCCCC2(C)N)cc1OC. The van der Waals surface area contributed by atoms with Crippen molar-refractivity contribution in [2.24, 2.45) is 11.7 Å². The number of anilines is 1. The van der Waals surface area contributed by atoms with Crippen LogP contribution < -0.4 is 20.5 Å². The van der Waals surface area contributed by atoms with Crippen molar-refractivity contribution >= 4 is 11.6 Å². The quantitative estimate of drug-likeness (QED) is 0.894. The molecule has 1 aliphatic rings. The van der Waals surface area contributed by atoms with Crippen LogP contribution >= 0.6 is 0 Å². The van der Waals surface area contributed by atoms with E-state index in [4.69, 9.17) is 15.2 Å². The second-order valence-electron chi connectivity index (χ2n) is 5.86. The Kier molecular flexibility index (Phi) is 4.73. The first kappa shape index (κ1) is 15.6. The van der Waals surface area contributed by atoms with Gasteiger partial charge in [0, 0.05) is 17.3 Å². The minimum atomic E-state index is -0.432. The Bertz CT molecular complexity index is 514. The average molecular weight is 292 g/mol. The summed E-state index contributed by atoms with van der Waals surface area (Å²) in [6.45, 7) is 1.96. The highest BCUT2D eigenvalue weighted by atomic mass is 16.5. The molecule has 0 aromatic heterocycles. The van der Waals surface area contributed by atoms with Gasteiger partial charge in [0.1, 0.15) is 0 Å². The Morgan fingerprint density at radius 3 is 2.62 bits per heavy atom. The Labute approximate surface area is 125 Å². The van der Waals surface area contributed by atoms with E-state index in [2.05, 4.69) is 5.32 Å². The lowest BCUT2D eigenvalue weighted by Gasteiger charge is -2.37. The molecule has 0 spiro atoms. The van der Waals surface area contributed by atoms with Crippen LogP contribution in [-0.4, -0.2) is 25.7 Å². The summed E-state index contributed by atoms with van der Waals surface area (Å²) in [5.74, 6) is 1.05. The summed E-state index contributed by atoms with van der Waals surface area (Å²) >= 11 is 0. The normalized spacial score (nSPS) is 25.2. The van der Waals surface area contributed by atoms with Gasteiger partial charge in [-0.1, -0.05) is 12.8 Å². The molecule has 1 aliphatic carbocycles. The van der Waals surface area contributed by atoms with Crippen LogP contribution in [0.3, 0.4) is 0 Å². The van der Waals surface area contributed by atoms with Crippen LogP contribution in [0.2, 0.25) is 0 Å². The van der Waals surface area contributed by atoms with Crippen molar-refractivity contribution in [3.05, 3.63) is 18.2 Å². The first-order chi connectivity index (χ1) is 9.97. The molecule has 21 heavy (non-hydrogen) atoms. The summed E-state index contributed by atoms with van der Waals surface area (Å²) in [5, 5.41) is 2.94. The third-order valence-corrected chi connectivity index (χ3v) is 4.22. The van der Waals surface area contributed by atoms with Crippen molar-refractivity contribution in [1.82, 2.24) is 0 Å². The van der Waals surface area contributed by atoms with Gasteiger partial charge in [-0.05, 0) is 31.9 Å². The van der Waals surface area contributed by atoms with Gasteiger partial charge < -0.3 is 20.5 Å². The van der Waals surface area contributed by atoms with Gasteiger partial charge in [-0.25, -0.2) is 0 Å². The molecule has 3 N–H and O–H groups in total. The van der Waals surface area contributed by atoms with Gasteiger partial charge in [0.25, 0.3) is 0 Å². The molecular formula is C16H24N2O3. The first-order valence-electron chi connectivity index (χ1n) is 7.29. The summed E-state index contributed by atoms with van der Waals surface area (Å²) in [6, 6.07) is 5.33. The lowest BCUT2D eigenvalue weighted by atomic mass is 9.74. The molecule has 0 aliphatic heterocycles. The topological polar surface area (TPSA) is 73.6 Å². The van der Waals surface area contributed by atoms with E-state index in [1.165, 1.54) is 0 Å². The largest absolute Gasteiger partial charge is 0.493 e. The second-order valence-corrected chi connectivity index (χ2v) is 5.86. The highest BCUT2D eigenvalue weighted by Crippen LogP contribution is 2.34. The monoisotopic (exact) mass is 292 g/mol. The molecule has 0 radical (unpaired) electrons. The number of carbonyl (C=O) groups excluding carboxylic acids is 1. The summed E-state index contributed by atoms with van der Waals surface area (Å²) in [6.07, 6.45) is 3.87. The molecule has 2 atom stereocenters. The molecule has 0 saturated heterocycles. The predicted octanol–water partition coefficient (Wildman–Crippen LogP) is 2.55. The number of ether oxygens (including phenoxy) is 2. The van der Waals surface area contributed by atoms with Gasteiger partial charge in [0.2, 0.25) is 5.91 Å². The number of amides is 1. The van der Waals surface area contributed by atoms with Crippen LogP contribution in [0, 0.1) is 5.92 Å². The molecule has 2 rings (SSSR count). The van der Waals surface area contributed by atoms with E-state index in [1.54, 1.807) is 32.4 Å². The van der Waals surface area contributed by atoms with Crippen molar-refractivity contribution in [2.45, 2.75) is 38.1 Å². The average Bonchev–Trinajstić information content (AvgIpc) is 2.46. The first-order valence-corrected chi connectivity index (χ1v) is 7.29. The van der Waals surface area contributed by atoms with Crippen molar-refractivity contribution in [3.63, 3.8) is 0 Å². The lowest BCUT2D eigenvalue weighted by Crippen LogP contribution is -2.51. The maximum absolute atomic E-state index is 12.5. The van der Waals surface area contributed by atoms with Crippen molar-refractivity contribution in [3.8, 4) is 11.5 Å². The van der Waals surface area contributed by atoms with E-state index in [1.807, 2.05) is 6.92 Å². The Hall–Kier alpha value is -1.75. The number of nitrogens with two attached hydrogens (primary N) is 1. The van der Waals surface area contributed by atoms with Crippen LogP contribution in [0.15, 0.2) is 18.2 Å². The third kappa shape index (κ3) is 3.47. The Balaban J connectivity index is 2.12. The van der Waals surface area contributed by atoms with E-state index in [0.717, 1.165) is 25.7 Å². The van der Waals surface area contributed by atoms with Crippen molar-refractivity contribution in [1.29, 1.82) is 0 Å². The number of hydrogen-bond donors (Lipinski definition) is 2. The van der Waals surface area contributed by atoms with Crippen LogP contribution in [0.4, 0.5) is 5.69 Å². The summed E-state index contributed by atoms with van der Waals surface area (Å²) < 4.78 is 10.4. The number of methoxy groups -OCH3 is 2. The van der Waals surface area contributed by atoms with Crippen LogP contribution in [-0.2, 0) is 4.79 Å². The molecule has 5 heteroatoms. The minimum Gasteiger partial charge on any atom is -0.493 e. The predicted molar refractivity (Wildman–Crippen MR) is 82.7 cm³/mol. The van der Waals surface area contributed by atoms with Gasteiger partial charge >= 0.3 is 0 Å². The maximum Gasteiger partial charge on any atom is 0.229 e. The molecule has 1 aromatic carbocycles. The van der Waals surface area contributed by atoms with Gasteiger partial charge in [-0.15, -0.1) is 0 Å². The zero-order chi connectivity index (χ0) is 15.5. The lowest BCUT2D eigenvalue weighted by molar-refractivity contribution is -0.122. The molecule has 5 nitrogen and oxygen atoms in total. The van der Waals surface area contributed by atoms with E-state index >= 15 is 0 Å². The number of nitrogens with one attached hydrogen (secondary N) is 1. The second kappa shape index (κ2) is 6.35. The molecule has 1 aromatic rings. The smallest absolute Gasteiger partial charge is 0.229 e. The fourth-order valence-electron chi connectivity index (χ4n) is 2.93. The maximum atomic E-state index is 12.5. The molecule has 2 unspecified atom stereocenters.